The molecule has 1 aromatic heterocycles. The van der Waals surface area contributed by atoms with Crippen molar-refractivity contribution >= 4 is 39.5 Å². The van der Waals surface area contributed by atoms with Gasteiger partial charge in [0.15, 0.2) is 6.61 Å². The second-order valence-corrected chi connectivity index (χ2v) is 7.46. The van der Waals surface area contributed by atoms with Gasteiger partial charge in [-0.3, -0.25) is 4.79 Å². The number of nitrogens with zero attached hydrogens (tertiary/aromatic N) is 1. The summed E-state index contributed by atoms with van der Waals surface area (Å²) < 4.78 is 6.08. The molecule has 132 valence electrons. The van der Waals surface area contributed by atoms with E-state index in [9.17, 15) is 9.59 Å². The van der Waals surface area contributed by atoms with Gasteiger partial charge in [0, 0.05) is 12.1 Å². The molecule has 1 aliphatic carbocycles. The Labute approximate surface area is 151 Å². The van der Waals surface area contributed by atoms with Crippen LogP contribution < -0.4 is 5.32 Å². The summed E-state index contributed by atoms with van der Waals surface area (Å²) in [5, 5.41) is 3.70. The molecule has 1 saturated carbocycles. The number of nitrogens with one attached hydrogen (secondary N) is 1. The Morgan fingerprint density at radius 1 is 1.32 bits per heavy atom. The maximum Gasteiger partial charge on any atom is 0.331 e. The fraction of sp³-hybridized carbons (Fsp3) is 0.421. The zero-order chi connectivity index (χ0) is 17.6. The molecule has 6 heteroatoms. The van der Waals surface area contributed by atoms with E-state index < -0.39 is 5.97 Å². The fourth-order valence-electron chi connectivity index (χ4n) is 3.06. The van der Waals surface area contributed by atoms with E-state index in [0.717, 1.165) is 34.5 Å². The molecule has 1 aliphatic rings. The van der Waals surface area contributed by atoms with Gasteiger partial charge in [-0.25, -0.2) is 9.78 Å². The molecular weight excluding hydrogens is 336 g/mol. The van der Waals surface area contributed by atoms with Gasteiger partial charge >= 0.3 is 5.97 Å². The standard InChI is InChI=1S/C19H22N2O3S/c1-13-6-2-3-7-14(13)20-17(22)12-24-19(23)11-10-18-21-15-8-4-5-9-16(15)25-18/h4-5,8-11,13-14H,2-3,6-7,12H2,1H3,(H,20,22)/b11-10+/t13-,14-/m0/s1. The van der Waals surface area contributed by atoms with Crippen molar-refractivity contribution in [2.75, 3.05) is 6.61 Å². The van der Waals surface area contributed by atoms with Crippen molar-refractivity contribution in [1.82, 2.24) is 10.3 Å². The van der Waals surface area contributed by atoms with Crippen LogP contribution in [0.2, 0.25) is 0 Å². The molecule has 0 unspecified atom stereocenters. The lowest BCUT2D eigenvalue weighted by Gasteiger charge is -2.29. The third-order valence-corrected chi connectivity index (χ3v) is 5.48. The molecule has 3 rings (SSSR count). The molecule has 0 spiro atoms. The average Bonchev–Trinajstić information content (AvgIpc) is 3.03. The summed E-state index contributed by atoms with van der Waals surface area (Å²) in [6, 6.07) is 7.99. The van der Waals surface area contributed by atoms with Crippen LogP contribution in [0.3, 0.4) is 0 Å². The Bertz CT molecular complexity index is 751. The van der Waals surface area contributed by atoms with E-state index in [-0.39, 0.29) is 18.6 Å². The number of amides is 1. The van der Waals surface area contributed by atoms with Gasteiger partial charge in [0.1, 0.15) is 5.01 Å². The summed E-state index contributed by atoms with van der Waals surface area (Å²) in [6.45, 7) is 1.91. The SMILES string of the molecule is C[C@H]1CCCC[C@@H]1NC(=O)COC(=O)/C=C/c1nc2ccccc2s1. The fourth-order valence-corrected chi connectivity index (χ4v) is 3.93. The number of aromatic nitrogens is 1. The summed E-state index contributed by atoms with van der Waals surface area (Å²) in [6.07, 6.45) is 7.43. The largest absolute Gasteiger partial charge is 0.452 e. The number of esters is 1. The lowest BCUT2D eigenvalue weighted by molar-refractivity contribution is -0.144. The Morgan fingerprint density at radius 3 is 2.92 bits per heavy atom. The molecule has 25 heavy (non-hydrogen) atoms. The minimum absolute atomic E-state index is 0.193. The average molecular weight is 358 g/mol. The normalized spacial score (nSPS) is 20.7. The molecular formula is C19H22N2O3S. The van der Waals surface area contributed by atoms with Gasteiger partial charge in [0.05, 0.1) is 10.2 Å². The summed E-state index contributed by atoms with van der Waals surface area (Å²) in [5.74, 6) is -0.293. The highest BCUT2D eigenvalue weighted by atomic mass is 32.1. The van der Waals surface area contributed by atoms with Gasteiger partial charge in [0.2, 0.25) is 0 Å². The predicted octanol–water partition coefficient (Wildman–Crippen LogP) is 3.55. The van der Waals surface area contributed by atoms with Crippen molar-refractivity contribution in [2.24, 2.45) is 5.92 Å². The summed E-state index contributed by atoms with van der Waals surface area (Å²) in [5.41, 5.74) is 0.904. The maximum atomic E-state index is 11.9. The second-order valence-electron chi connectivity index (χ2n) is 6.40. The van der Waals surface area contributed by atoms with E-state index in [1.54, 1.807) is 6.08 Å². The quantitative estimate of drug-likeness (QED) is 0.656. The highest BCUT2D eigenvalue weighted by molar-refractivity contribution is 7.19. The van der Waals surface area contributed by atoms with E-state index >= 15 is 0 Å². The van der Waals surface area contributed by atoms with Crippen LogP contribution in [0.25, 0.3) is 16.3 Å². The van der Waals surface area contributed by atoms with E-state index in [0.29, 0.717) is 5.92 Å². The Balaban J connectivity index is 1.46. The molecule has 5 nitrogen and oxygen atoms in total. The first-order chi connectivity index (χ1) is 12.1. The third kappa shape index (κ3) is 4.89. The van der Waals surface area contributed by atoms with E-state index in [1.807, 2.05) is 24.3 Å². The molecule has 2 aromatic rings. The number of carbonyl (C=O) groups excluding carboxylic acids is 2. The van der Waals surface area contributed by atoms with Crippen LogP contribution in [-0.4, -0.2) is 29.5 Å². The summed E-state index contributed by atoms with van der Waals surface area (Å²) in [4.78, 5) is 28.1. The number of para-hydroxylation sites is 1. The van der Waals surface area contributed by atoms with Crippen LogP contribution in [-0.2, 0) is 14.3 Å². The molecule has 0 radical (unpaired) electrons. The number of hydrogen-bond acceptors (Lipinski definition) is 5. The molecule has 1 aromatic carbocycles. The minimum Gasteiger partial charge on any atom is -0.452 e. The lowest BCUT2D eigenvalue weighted by Crippen LogP contribution is -2.42. The number of fused-ring (bicyclic) bond motifs is 1. The number of rotatable bonds is 5. The van der Waals surface area contributed by atoms with Crippen molar-refractivity contribution in [1.29, 1.82) is 0 Å². The number of ether oxygens (including phenoxy) is 1. The van der Waals surface area contributed by atoms with Crippen LogP contribution >= 0.6 is 11.3 Å². The topological polar surface area (TPSA) is 68.3 Å². The van der Waals surface area contributed by atoms with Crippen molar-refractivity contribution < 1.29 is 14.3 Å². The van der Waals surface area contributed by atoms with Crippen LogP contribution in [0.1, 0.15) is 37.6 Å². The van der Waals surface area contributed by atoms with Crippen LogP contribution in [0, 0.1) is 5.92 Å². The minimum atomic E-state index is -0.536. The molecule has 0 saturated heterocycles. The van der Waals surface area contributed by atoms with E-state index in [2.05, 4.69) is 17.2 Å². The molecule has 1 heterocycles. The Kier molecular flexibility index (Phi) is 5.81. The van der Waals surface area contributed by atoms with Gasteiger partial charge in [-0.05, 0) is 37.0 Å². The number of hydrogen-bond donors (Lipinski definition) is 1. The van der Waals surface area contributed by atoms with E-state index in [1.165, 1.54) is 23.8 Å². The Hall–Kier alpha value is -2.21. The van der Waals surface area contributed by atoms with Gasteiger partial charge in [-0.15, -0.1) is 11.3 Å². The zero-order valence-electron chi connectivity index (χ0n) is 14.2. The first-order valence-electron chi connectivity index (χ1n) is 8.61. The van der Waals surface area contributed by atoms with Gasteiger partial charge < -0.3 is 10.1 Å². The number of thiazole rings is 1. The van der Waals surface area contributed by atoms with Gasteiger partial charge in [0.25, 0.3) is 5.91 Å². The van der Waals surface area contributed by atoms with Gasteiger partial charge in [-0.1, -0.05) is 31.9 Å². The third-order valence-electron chi connectivity index (χ3n) is 4.48. The van der Waals surface area contributed by atoms with Crippen molar-refractivity contribution in [3.05, 3.63) is 35.3 Å². The maximum absolute atomic E-state index is 11.9. The smallest absolute Gasteiger partial charge is 0.331 e. The molecule has 1 fully saturated rings. The van der Waals surface area contributed by atoms with Crippen molar-refractivity contribution in [2.45, 2.75) is 38.6 Å². The first-order valence-corrected chi connectivity index (χ1v) is 9.43. The summed E-state index contributed by atoms with van der Waals surface area (Å²) >= 11 is 1.50. The number of carbonyl (C=O) groups is 2. The van der Waals surface area contributed by atoms with Crippen molar-refractivity contribution in [3.8, 4) is 0 Å². The first kappa shape index (κ1) is 17.6. The molecule has 2 atom stereocenters. The van der Waals surface area contributed by atoms with Gasteiger partial charge in [-0.2, -0.15) is 0 Å². The van der Waals surface area contributed by atoms with Crippen LogP contribution in [0.15, 0.2) is 30.3 Å². The highest BCUT2D eigenvalue weighted by Gasteiger charge is 2.22. The Morgan fingerprint density at radius 2 is 2.12 bits per heavy atom. The lowest BCUT2D eigenvalue weighted by atomic mass is 9.86. The molecule has 0 aliphatic heterocycles. The molecule has 1 N–H and O–H groups in total. The zero-order valence-corrected chi connectivity index (χ0v) is 15.1. The van der Waals surface area contributed by atoms with Crippen LogP contribution in [0.4, 0.5) is 0 Å². The highest BCUT2D eigenvalue weighted by Crippen LogP contribution is 2.24. The molecule has 0 bridgehead atoms. The predicted molar refractivity (Wildman–Crippen MR) is 99.2 cm³/mol. The van der Waals surface area contributed by atoms with E-state index in [4.69, 9.17) is 4.74 Å². The molecule has 1 amide bonds. The monoisotopic (exact) mass is 358 g/mol. The summed E-state index contributed by atoms with van der Waals surface area (Å²) in [7, 11) is 0. The van der Waals surface area contributed by atoms with Crippen LogP contribution in [0.5, 0.6) is 0 Å². The second kappa shape index (κ2) is 8.25. The number of benzene rings is 1. The van der Waals surface area contributed by atoms with Crippen molar-refractivity contribution in [3.63, 3.8) is 0 Å².